The molecule has 2 nitrogen and oxygen atoms in total. The zero-order valence-corrected chi connectivity index (χ0v) is 45.9. The van der Waals surface area contributed by atoms with Crippen LogP contribution in [0.25, 0.3) is 77.2 Å². The topological polar surface area (TPSA) is 6.48 Å². The SMILES string of the molecule is c1ccc(N(c2ccc(-c3ccc(N(c4ccccc4)c4ccc5c(c4)C4(c6ccccc6-c6ccccc64)c4c-5ccc5ccccc45)cc3)cc2)c2ccc3c(c2)C2(c4ccccc4-c4ccccc42)c2c-3ccc3ccccc23)cc1. The third-order valence-corrected chi connectivity index (χ3v) is 19.0. The van der Waals surface area contributed by atoms with Crippen LogP contribution in [-0.4, -0.2) is 0 Å². The minimum atomic E-state index is -0.498. The highest BCUT2D eigenvalue weighted by Gasteiger charge is 2.54. The van der Waals surface area contributed by atoms with Crippen LogP contribution in [0.4, 0.5) is 34.1 Å². The Balaban J connectivity index is 0.740. The summed E-state index contributed by atoms with van der Waals surface area (Å²) < 4.78 is 0. The molecule has 4 aliphatic carbocycles. The van der Waals surface area contributed by atoms with Crippen molar-refractivity contribution in [2.75, 3.05) is 9.80 Å². The zero-order valence-electron chi connectivity index (χ0n) is 45.9. The molecule has 0 atom stereocenters. The molecule has 14 aromatic carbocycles. The second kappa shape index (κ2) is 17.8. The van der Waals surface area contributed by atoms with E-state index in [-0.39, 0.29) is 0 Å². The van der Waals surface area contributed by atoms with Crippen molar-refractivity contribution in [3.63, 3.8) is 0 Å². The lowest BCUT2D eigenvalue weighted by atomic mass is 9.69. The van der Waals surface area contributed by atoms with E-state index in [0.29, 0.717) is 0 Å². The van der Waals surface area contributed by atoms with Gasteiger partial charge in [0.2, 0.25) is 0 Å². The molecule has 84 heavy (non-hydrogen) atoms. The molecule has 4 aliphatic rings. The van der Waals surface area contributed by atoms with E-state index in [1.54, 1.807) is 0 Å². The maximum Gasteiger partial charge on any atom is 0.0732 e. The fraction of sp³-hybridized carbons (Fsp3) is 0.0244. The number of fused-ring (bicyclic) bond motifs is 24. The third-order valence-electron chi connectivity index (χ3n) is 19.0. The van der Waals surface area contributed by atoms with Gasteiger partial charge in [-0.3, -0.25) is 0 Å². The Morgan fingerprint density at radius 2 is 0.476 bits per heavy atom. The molecule has 0 unspecified atom stereocenters. The molecule has 0 saturated heterocycles. The first-order valence-electron chi connectivity index (χ1n) is 29.3. The van der Waals surface area contributed by atoms with Gasteiger partial charge >= 0.3 is 0 Å². The van der Waals surface area contributed by atoms with E-state index in [1.807, 2.05) is 0 Å². The summed E-state index contributed by atoms with van der Waals surface area (Å²) >= 11 is 0. The van der Waals surface area contributed by atoms with Gasteiger partial charge in [-0.1, -0.05) is 243 Å². The Hall–Kier alpha value is -10.8. The van der Waals surface area contributed by atoms with Gasteiger partial charge in [-0.25, -0.2) is 0 Å². The van der Waals surface area contributed by atoms with Crippen LogP contribution in [0.1, 0.15) is 44.5 Å². The lowest BCUT2D eigenvalue weighted by molar-refractivity contribution is 0.801. The fourth-order valence-corrected chi connectivity index (χ4v) is 15.7. The minimum absolute atomic E-state index is 0.498. The molecule has 0 saturated carbocycles. The van der Waals surface area contributed by atoms with E-state index in [1.165, 1.54) is 111 Å². The molecule has 18 rings (SSSR count). The number of benzene rings is 14. The van der Waals surface area contributed by atoms with Crippen LogP contribution >= 0.6 is 0 Å². The highest BCUT2D eigenvalue weighted by atomic mass is 15.1. The van der Waals surface area contributed by atoms with Crippen LogP contribution in [0, 0.1) is 0 Å². The van der Waals surface area contributed by atoms with Gasteiger partial charge < -0.3 is 9.80 Å². The van der Waals surface area contributed by atoms with Crippen LogP contribution in [-0.2, 0) is 10.8 Å². The molecule has 0 amide bonds. The third kappa shape index (κ3) is 6.34. The molecule has 0 bridgehead atoms. The van der Waals surface area contributed by atoms with Gasteiger partial charge in [0.1, 0.15) is 0 Å². The van der Waals surface area contributed by atoms with Gasteiger partial charge in [-0.15, -0.1) is 0 Å². The van der Waals surface area contributed by atoms with E-state index in [4.69, 9.17) is 0 Å². The van der Waals surface area contributed by atoms with E-state index in [0.717, 1.165) is 45.3 Å². The van der Waals surface area contributed by atoms with Gasteiger partial charge in [-0.2, -0.15) is 0 Å². The first-order valence-corrected chi connectivity index (χ1v) is 29.3. The largest absolute Gasteiger partial charge is 0.310 e. The summed E-state index contributed by atoms with van der Waals surface area (Å²) in [5, 5.41) is 5.12. The molecule has 0 aromatic heterocycles. The highest BCUT2D eigenvalue weighted by Crippen LogP contribution is 2.67. The number of hydrogen-bond acceptors (Lipinski definition) is 2. The van der Waals surface area contributed by atoms with Gasteiger partial charge in [0.05, 0.1) is 10.8 Å². The summed E-state index contributed by atoms with van der Waals surface area (Å²) in [6.07, 6.45) is 0. The predicted molar refractivity (Wildman–Crippen MR) is 349 cm³/mol. The molecular weight excluding hydrogens is 1010 g/mol. The second-order valence-corrected chi connectivity index (χ2v) is 23.0. The highest BCUT2D eigenvalue weighted by molar-refractivity contribution is 6.06. The first-order chi connectivity index (χ1) is 41.7. The van der Waals surface area contributed by atoms with Crippen LogP contribution in [0.2, 0.25) is 0 Å². The zero-order chi connectivity index (χ0) is 55.1. The molecule has 0 heterocycles. The van der Waals surface area contributed by atoms with Crippen LogP contribution < -0.4 is 9.80 Å². The lowest BCUT2D eigenvalue weighted by Gasteiger charge is -2.33. The van der Waals surface area contributed by atoms with E-state index in [2.05, 4.69) is 325 Å². The van der Waals surface area contributed by atoms with Crippen LogP contribution in [0.5, 0.6) is 0 Å². The molecule has 390 valence electrons. The van der Waals surface area contributed by atoms with Crippen molar-refractivity contribution < 1.29 is 0 Å². The molecular formula is C82H52N2. The standard InChI is InChI=1S/C82H52N2/c1-3-21-57(22-4-1)83(61-45-49-69-71-47-39-55-19-7-9-25-63(55)79(71)81(77(69)51-61)73-31-15-11-27-65(73)66-28-12-16-32-74(66)81)59-41-35-53(36-42-59)54-37-43-60(44-38-54)84(58-23-5-2-6-24-58)62-46-50-70-72-48-40-56-20-8-10-26-64(56)80(72)82(78(70)52-62)75-33-17-13-29-67(75)68-30-14-18-34-76(68)82/h1-52H. The Labute approximate surface area is 489 Å². The summed E-state index contributed by atoms with van der Waals surface area (Å²) in [7, 11) is 0. The van der Waals surface area contributed by atoms with E-state index < -0.39 is 10.8 Å². The van der Waals surface area contributed by atoms with Crippen molar-refractivity contribution in [3.05, 3.63) is 360 Å². The minimum Gasteiger partial charge on any atom is -0.310 e. The average Bonchev–Trinajstić information content (AvgIpc) is 1.54. The molecule has 0 aliphatic heterocycles. The number of anilines is 6. The molecule has 0 N–H and O–H groups in total. The Morgan fingerprint density at radius 3 is 0.857 bits per heavy atom. The van der Waals surface area contributed by atoms with Gasteiger partial charge in [0.25, 0.3) is 0 Å². The van der Waals surface area contributed by atoms with E-state index >= 15 is 0 Å². The lowest BCUT2D eigenvalue weighted by Crippen LogP contribution is -2.26. The van der Waals surface area contributed by atoms with Crippen molar-refractivity contribution in [2.24, 2.45) is 0 Å². The van der Waals surface area contributed by atoms with Crippen molar-refractivity contribution in [1.82, 2.24) is 0 Å². The Bertz CT molecular complexity index is 4610. The fourth-order valence-electron chi connectivity index (χ4n) is 15.7. The number of rotatable bonds is 7. The van der Waals surface area contributed by atoms with Crippen LogP contribution in [0.15, 0.2) is 315 Å². The van der Waals surface area contributed by atoms with Gasteiger partial charge in [-0.05, 0) is 194 Å². The van der Waals surface area contributed by atoms with Gasteiger partial charge in [0, 0.05) is 34.1 Å². The second-order valence-electron chi connectivity index (χ2n) is 23.0. The quantitative estimate of drug-likeness (QED) is 0.157. The number of para-hydroxylation sites is 2. The first kappa shape index (κ1) is 46.9. The molecule has 14 aromatic rings. The predicted octanol–water partition coefficient (Wildman–Crippen LogP) is 21.3. The van der Waals surface area contributed by atoms with Gasteiger partial charge in [0.15, 0.2) is 0 Å². The molecule has 0 fully saturated rings. The van der Waals surface area contributed by atoms with Crippen LogP contribution in [0.3, 0.4) is 0 Å². The number of nitrogens with zero attached hydrogens (tertiary/aromatic N) is 2. The van der Waals surface area contributed by atoms with Crippen molar-refractivity contribution >= 4 is 55.7 Å². The molecule has 0 radical (unpaired) electrons. The maximum atomic E-state index is 2.49. The van der Waals surface area contributed by atoms with Crippen molar-refractivity contribution in [3.8, 4) is 55.6 Å². The Kier molecular flexibility index (Phi) is 9.97. The molecule has 2 spiro atoms. The summed E-state index contributed by atoms with van der Waals surface area (Å²) in [5.41, 5.74) is 29.1. The summed E-state index contributed by atoms with van der Waals surface area (Å²) in [6, 6.07) is 118. The maximum absolute atomic E-state index is 2.49. The average molecular weight is 1070 g/mol. The van der Waals surface area contributed by atoms with Crippen molar-refractivity contribution in [2.45, 2.75) is 10.8 Å². The summed E-state index contributed by atoms with van der Waals surface area (Å²) in [4.78, 5) is 4.86. The van der Waals surface area contributed by atoms with E-state index in [9.17, 15) is 0 Å². The summed E-state index contributed by atoms with van der Waals surface area (Å²) in [5.74, 6) is 0. The Morgan fingerprint density at radius 1 is 0.190 bits per heavy atom. The molecule has 2 heteroatoms. The van der Waals surface area contributed by atoms with Crippen molar-refractivity contribution in [1.29, 1.82) is 0 Å². The number of hydrogen-bond donors (Lipinski definition) is 0. The smallest absolute Gasteiger partial charge is 0.0732 e. The normalized spacial score (nSPS) is 13.7. The monoisotopic (exact) mass is 1060 g/mol. The summed E-state index contributed by atoms with van der Waals surface area (Å²) in [6.45, 7) is 0.